The lowest BCUT2D eigenvalue weighted by molar-refractivity contribution is -0.117. The third kappa shape index (κ3) is 4.79. The molecule has 1 atom stereocenters. The molecule has 38 heavy (non-hydrogen) atoms. The molecule has 3 N–H and O–H groups in total. The Hall–Kier alpha value is -4.05. The number of carbonyl (C=O) groups excluding carboxylic acids is 2. The van der Waals surface area contributed by atoms with E-state index >= 15 is 0 Å². The average Bonchev–Trinajstić information content (AvgIpc) is 3.63. The van der Waals surface area contributed by atoms with Crippen LogP contribution < -0.4 is 10.6 Å². The van der Waals surface area contributed by atoms with Gasteiger partial charge in [-0.2, -0.15) is 5.10 Å². The van der Waals surface area contributed by atoms with Gasteiger partial charge in [0.1, 0.15) is 5.65 Å². The first-order chi connectivity index (χ1) is 18.4. The molecule has 0 saturated carbocycles. The molecule has 10 heteroatoms. The number of pyridine rings is 2. The molecule has 0 aromatic carbocycles. The maximum Gasteiger partial charge on any atom is 0.257 e. The highest BCUT2D eigenvalue weighted by molar-refractivity contribution is 6.06. The van der Waals surface area contributed by atoms with Gasteiger partial charge >= 0.3 is 0 Å². The van der Waals surface area contributed by atoms with Crippen molar-refractivity contribution in [3.63, 3.8) is 0 Å². The molecule has 196 valence electrons. The van der Waals surface area contributed by atoms with Crippen LogP contribution in [0, 0.1) is 6.92 Å². The summed E-state index contributed by atoms with van der Waals surface area (Å²) in [5, 5.41) is 11.2. The van der Waals surface area contributed by atoms with Crippen LogP contribution in [0.15, 0.2) is 36.8 Å². The highest BCUT2D eigenvalue weighted by atomic mass is 16.2. The molecule has 1 saturated heterocycles. The lowest BCUT2D eigenvalue weighted by atomic mass is 10.0. The fourth-order valence-corrected chi connectivity index (χ4v) is 5.47. The van der Waals surface area contributed by atoms with Crippen molar-refractivity contribution in [2.45, 2.75) is 58.5 Å². The van der Waals surface area contributed by atoms with Crippen LogP contribution in [0.5, 0.6) is 0 Å². The maximum absolute atomic E-state index is 13.1. The van der Waals surface area contributed by atoms with Gasteiger partial charge in [0.15, 0.2) is 0 Å². The minimum absolute atomic E-state index is 0.0840. The Labute approximate surface area is 220 Å². The van der Waals surface area contributed by atoms with Crippen molar-refractivity contribution in [1.29, 1.82) is 0 Å². The topological polar surface area (TPSA) is 121 Å². The number of nitrogens with zero attached hydrogens (tertiary/aromatic N) is 5. The summed E-state index contributed by atoms with van der Waals surface area (Å²) in [6.45, 7) is 6.21. The average molecular weight is 513 g/mol. The monoisotopic (exact) mass is 512 g/mol. The van der Waals surface area contributed by atoms with Gasteiger partial charge in [0.2, 0.25) is 5.91 Å². The number of fused-ring (bicyclic) bond motifs is 2. The maximum atomic E-state index is 13.1. The van der Waals surface area contributed by atoms with Crippen LogP contribution in [0.4, 0.5) is 11.4 Å². The fraction of sp³-hybridized carbons (Fsp3) is 0.393. The number of hydrogen-bond donors (Lipinski definition) is 3. The van der Waals surface area contributed by atoms with Gasteiger partial charge in [-0.25, -0.2) is 4.98 Å². The molecule has 0 aliphatic carbocycles. The van der Waals surface area contributed by atoms with E-state index in [0.29, 0.717) is 35.2 Å². The number of H-pyrrole nitrogens is 1. The second kappa shape index (κ2) is 10.0. The Balaban J connectivity index is 1.17. The predicted octanol–water partition coefficient (Wildman–Crippen LogP) is 4.14. The van der Waals surface area contributed by atoms with E-state index in [1.807, 2.05) is 25.3 Å². The molecule has 0 radical (unpaired) electrons. The van der Waals surface area contributed by atoms with Gasteiger partial charge in [0.05, 0.1) is 47.3 Å². The van der Waals surface area contributed by atoms with Gasteiger partial charge in [-0.1, -0.05) is 0 Å². The number of nitrogens with one attached hydrogen (secondary N) is 3. The van der Waals surface area contributed by atoms with E-state index in [4.69, 9.17) is 0 Å². The molecule has 1 fully saturated rings. The Morgan fingerprint density at radius 1 is 1.05 bits per heavy atom. The Kier molecular flexibility index (Phi) is 6.40. The first kappa shape index (κ1) is 24.3. The van der Waals surface area contributed by atoms with E-state index in [2.05, 4.69) is 47.2 Å². The van der Waals surface area contributed by atoms with E-state index in [1.165, 1.54) is 5.69 Å². The second-order valence-corrected chi connectivity index (χ2v) is 10.4. The summed E-state index contributed by atoms with van der Waals surface area (Å²) < 4.78 is 2.08. The standard InChI is InChI=1S/C28H32N8O2/c1-17-6-5-8-35(17)16-26(37)32-21-12-23(18(2)29-14-21)34-28(38)20-10-19-11-24(33-27(19)30-13-20)22-15-31-36-9-4-3-7-25(22)36/h10-15,17H,3-9,16H2,1-2H3,(H,30,33)(H,32,37)(H,34,38)/t17-/m0/s1. The third-order valence-electron chi connectivity index (χ3n) is 7.66. The van der Waals surface area contributed by atoms with Crippen molar-refractivity contribution < 1.29 is 9.59 Å². The van der Waals surface area contributed by atoms with Crippen LogP contribution in [0.1, 0.15) is 54.4 Å². The molecular formula is C28H32N8O2. The molecule has 6 heterocycles. The van der Waals surface area contributed by atoms with Gasteiger partial charge in [-0.15, -0.1) is 0 Å². The highest BCUT2D eigenvalue weighted by Crippen LogP contribution is 2.30. The summed E-state index contributed by atoms with van der Waals surface area (Å²) >= 11 is 0. The minimum Gasteiger partial charge on any atom is -0.339 e. The Morgan fingerprint density at radius 3 is 2.79 bits per heavy atom. The van der Waals surface area contributed by atoms with Crippen molar-refractivity contribution in [2.24, 2.45) is 0 Å². The molecule has 0 spiro atoms. The summed E-state index contributed by atoms with van der Waals surface area (Å²) in [4.78, 5) is 40.1. The largest absolute Gasteiger partial charge is 0.339 e. The highest BCUT2D eigenvalue weighted by Gasteiger charge is 2.23. The van der Waals surface area contributed by atoms with Crippen LogP contribution in [0.2, 0.25) is 0 Å². The van der Waals surface area contributed by atoms with Crippen molar-refractivity contribution in [1.82, 2.24) is 29.6 Å². The second-order valence-electron chi connectivity index (χ2n) is 10.4. The van der Waals surface area contributed by atoms with Crippen molar-refractivity contribution >= 4 is 34.2 Å². The first-order valence-corrected chi connectivity index (χ1v) is 13.3. The SMILES string of the molecule is Cc1ncc(NC(=O)CN2CCC[C@@H]2C)cc1NC(=O)c1cnc2[nH]c(-c3cnn4c3CCCC4)cc2c1. The normalized spacial score (nSPS) is 17.5. The first-order valence-electron chi connectivity index (χ1n) is 13.3. The number of aromatic nitrogens is 5. The van der Waals surface area contributed by atoms with E-state index in [9.17, 15) is 9.59 Å². The quantitative estimate of drug-likeness (QED) is 0.357. The summed E-state index contributed by atoms with van der Waals surface area (Å²) in [6, 6.07) is 6.02. The predicted molar refractivity (Wildman–Crippen MR) is 146 cm³/mol. The van der Waals surface area contributed by atoms with E-state index in [1.54, 1.807) is 18.5 Å². The molecule has 2 amide bonds. The number of anilines is 2. The van der Waals surface area contributed by atoms with E-state index in [0.717, 1.165) is 67.5 Å². The van der Waals surface area contributed by atoms with Crippen LogP contribution in [0.25, 0.3) is 22.3 Å². The molecular weight excluding hydrogens is 480 g/mol. The van der Waals surface area contributed by atoms with Crippen LogP contribution in [-0.2, 0) is 17.8 Å². The molecule has 4 aromatic rings. The van der Waals surface area contributed by atoms with Crippen LogP contribution >= 0.6 is 0 Å². The zero-order valence-electron chi connectivity index (χ0n) is 21.8. The van der Waals surface area contributed by atoms with Crippen molar-refractivity contribution in [3.8, 4) is 11.3 Å². The minimum atomic E-state index is -0.288. The molecule has 4 aromatic heterocycles. The summed E-state index contributed by atoms with van der Waals surface area (Å²) in [5.41, 5.74) is 6.21. The number of rotatable bonds is 6. The van der Waals surface area contributed by atoms with E-state index in [-0.39, 0.29) is 11.8 Å². The number of likely N-dealkylation sites (tertiary alicyclic amines) is 1. The van der Waals surface area contributed by atoms with Crippen molar-refractivity contribution in [2.75, 3.05) is 23.7 Å². The summed E-state index contributed by atoms with van der Waals surface area (Å²) in [7, 11) is 0. The van der Waals surface area contributed by atoms with Gasteiger partial charge in [-0.3, -0.25) is 24.2 Å². The van der Waals surface area contributed by atoms with Gasteiger partial charge < -0.3 is 15.6 Å². The number of aryl methyl sites for hydroxylation is 2. The zero-order valence-corrected chi connectivity index (χ0v) is 21.8. The Morgan fingerprint density at radius 2 is 1.95 bits per heavy atom. The van der Waals surface area contributed by atoms with Crippen molar-refractivity contribution in [3.05, 3.63) is 53.7 Å². The molecule has 0 unspecified atom stereocenters. The van der Waals surface area contributed by atoms with Gasteiger partial charge in [0.25, 0.3) is 5.91 Å². The third-order valence-corrected chi connectivity index (χ3v) is 7.66. The van der Waals surface area contributed by atoms with Crippen LogP contribution in [0.3, 0.4) is 0 Å². The molecule has 6 rings (SSSR count). The van der Waals surface area contributed by atoms with Gasteiger partial charge in [-0.05, 0) is 70.7 Å². The zero-order chi connectivity index (χ0) is 26.2. The Bertz CT molecular complexity index is 1520. The lowest BCUT2D eigenvalue weighted by Gasteiger charge is -2.20. The summed E-state index contributed by atoms with van der Waals surface area (Å²) in [5.74, 6) is -0.372. The molecule has 0 bridgehead atoms. The number of aromatic amines is 1. The number of amides is 2. The molecule has 2 aliphatic heterocycles. The fourth-order valence-electron chi connectivity index (χ4n) is 5.47. The van der Waals surface area contributed by atoms with Crippen LogP contribution in [-0.4, -0.2) is 60.6 Å². The van der Waals surface area contributed by atoms with Gasteiger partial charge in [0, 0.05) is 35.4 Å². The lowest BCUT2D eigenvalue weighted by Crippen LogP contribution is -2.35. The van der Waals surface area contributed by atoms with E-state index < -0.39 is 0 Å². The molecule has 10 nitrogen and oxygen atoms in total. The smallest absolute Gasteiger partial charge is 0.257 e. The summed E-state index contributed by atoms with van der Waals surface area (Å²) in [6.07, 6.45) is 10.7. The molecule has 2 aliphatic rings. The number of hydrogen-bond acceptors (Lipinski definition) is 6. The number of carbonyl (C=O) groups is 2.